The third-order valence-electron chi connectivity index (χ3n) is 1.18. The number of amides is 2. The number of hydrogen-bond acceptors (Lipinski definition) is 2. The zero-order valence-corrected chi connectivity index (χ0v) is 5.32. The van der Waals surface area contributed by atoms with Crippen molar-refractivity contribution in [2.45, 2.75) is 13.8 Å². The molecule has 48 valence electrons. The maximum absolute atomic E-state index is 10.5. The Hall–Kier alpha value is -1.12. The van der Waals surface area contributed by atoms with Crippen molar-refractivity contribution in [3.63, 3.8) is 0 Å². The summed E-state index contributed by atoms with van der Waals surface area (Å²) in [5, 5.41) is 2.10. The summed E-state index contributed by atoms with van der Waals surface area (Å²) < 4.78 is 0. The van der Waals surface area contributed by atoms with E-state index in [1.807, 2.05) is 0 Å². The van der Waals surface area contributed by atoms with Gasteiger partial charge in [-0.15, -0.1) is 0 Å². The van der Waals surface area contributed by atoms with Gasteiger partial charge in [0, 0.05) is 0 Å². The van der Waals surface area contributed by atoms with E-state index in [-0.39, 0.29) is 11.8 Å². The van der Waals surface area contributed by atoms with Crippen LogP contribution in [0.4, 0.5) is 0 Å². The van der Waals surface area contributed by atoms with Gasteiger partial charge in [-0.2, -0.15) is 0 Å². The molecule has 0 radical (unpaired) electrons. The molecule has 0 aromatic heterocycles. The van der Waals surface area contributed by atoms with Gasteiger partial charge in [-0.25, -0.2) is 0 Å². The third-order valence-corrected chi connectivity index (χ3v) is 1.18. The fourth-order valence-electron chi connectivity index (χ4n) is 0.723. The van der Waals surface area contributed by atoms with Crippen LogP contribution in [-0.2, 0) is 9.59 Å². The molecular weight excluding hydrogens is 118 g/mol. The van der Waals surface area contributed by atoms with Crippen molar-refractivity contribution in [1.29, 1.82) is 0 Å². The second-order valence-corrected chi connectivity index (χ2v) is 2.16. The highest BCUT2D eigenvalue weighted by molar-refractivity contribution is 6.34. The zero-order valence-electron chi connectivity index (χ0n) is 5.32. The topological polar surface area (TPSA) is 46.2 Å². The predicted octanol–water partition coefficient (Wildman–Crippen LogP) is -0.0208. The highest BCUT2D eigenvalue weighted by Gasteiger charge is 2.31. The molecule has 0 saturated carbocycles. The van der Waals surface area contributed by atoms with Gasteiger partial charge in [0.2, 0.25) is 0 Å². The highest BCUT2D eigenvalue weighted by atomic mass is 16.2. The minimum atomic E-state index is -0.250. The van der Waals surface area contributed by atoms with Crippen molar-refractivity contribution in [2.75, 3.05) is 0 Å². The Bertz CT molecular complexity index is 195. The van der Waals surface area contributed by atoms with Gasteiger partial charge in [-0.3, -0.25) is 14.9 Å². The summed E-state index contributed by atoms with van der Waals surface area (Å²) in [4.78, 5) is 21.0. The summed E-state index contributed by atoms with van der Waals surface area (Å²) in [5.74, 6) is -0.500. The fourth-order valence-corrected chi connectivity index (χ4v) is 0.723. The molecule has 1 aliphatic heterocycles. The monoisotopic (exact) mass is 125 g/mol. The lowest BCUT2D eigenvalue weighted by molar-refractivity contribution is -0.134. The number of hydrogen-bond donors (Lipinski definition) is 1. The van der Waals surface area contributed by atoms with Crippen LogP contribution in [0.3, 0.4) is 0 Å². The first kappa shape index (κ1) is 6.01. The van der Waals surface area contributed by atoms with Gasteiger partial charge < -0.3 is 0 Å². The number of carbonyl (C=O) groups excluding carboxylic acids is 2. The van der Waals surface area contributed by atoms with E-state index in [0.29, 0.717) is 5.57 Å². The van der Waals surface area contributed by atoms with E-state index in [1.54, 1.807) is 13.8 Å². The van der Waals surface area contributed by atoms with Crippen LogP contribution in [0.2, 0.25) is 0 Å². The van der Waals surface area contributed by atoms with Crippen LogP contribution in [0.15, 0.2) is 11.1 Å². The number of β-lactam (4-membered cyclic amide) rings is 2. The summed E-state index contributed by atoms with van der Waals surface area (Å²) in [5.41, 5.74) is 1.10. The molecule has 0 spiro atoms. The Morgan fingerprint density at radius 3 is 1.78 bits per heavy atom. The molecule has 1 N–H and O–H groups in total. The van der Waals surface area contributed by atoms with Gasteiger partial charge in [-0.05, 0) is 13.8 Å². The minimum absolute atomic E-state index is 0.250. The van der Waals surface area contributed by atoms with E-state index in [9.17, 15) is 9.59 Å². The fraction of sp³-hybridized carbons (Fsp3) is 0.333. The molecule has 1 rings (SSSR count). The molecule has 0 aromatic carbocycles. The number of carbonyl (C=O) groups is 2. The van der Waals surface area contributed by atoms with Gasteiger partial charge in [0.15, 0.2) is 0 Å². The predicted molar refractivity (Wildman–Crippen MR) is 31.5 cm³/mol. The lowest BCUT2D eigenvalue weighted by Gasteiger charge is -2.16. The number of nitrogens with one attached hydrogen (secondary N) is 1. The molecule has 0 bridgehead atoms. The summed E-state index contributed by atoms with van der Waals surface area (Å²) in [6.07, 6.45) is 0. The Morgan fingerprint density at radius 1 is 1.22 bits per heavy atom. The first-order valence-electron chi connectivity index (χ1n) is 2.66. The smallest absolute Gasteiger partial charge is 0.263 e. The van der Waals surface area contributed by atoms with Crippen LogP contribution in [-0.4, -0.2) is 11.8 Å². The molecule has 1 fully saturated rings. The number of rotatable bonds is 0. The Morgan fingerprint density at radius 2 is 1.67 bits per heavy atom. The Balaban J connectivity index is 2.95. The largest absolute Gasteiger partial charge is 0.288 e. The van der Waals surface area contributed by atoms with Crippen molar-refractivity contribution in [3.8, 4) is 0 Å². The van der Waals surface area contributed by atoms with Crippen molar-refractivity contribution in [2.24, 2.45) is 0 Å². The molecule has 0 unspecified atom stereocenters. The Kier molecular flexibility index (Phi) is 1.12. The standard InChI is InChI=1S/C6H7NO2/c1-3(2)4-5(8)7-6(4)9/h1-2H3,(H,7,8,9). The summed E-state index contributed by atoms with van der Waals surface area (Å²) >= 11 is 0. The average molecular weight is 125 g/mol. The maximum atomic E-state index is 10.5. The normalized spacial score (nSPS) is 16.9. The SMILES string of the molecule is CC(C)=C1C(=O)NC1=O. The van der Waals surface area contributed by atoms with Crippen LogP contribution in [0.25, 0.3) is 0 Å². The molecule has 0 atom stereocenters. The first-order chi connectivity index (χ1) is 4.13. The van der Waals surface area contributed by atoms with Gasteiger partial charge in [-0.1, -0.05) is 5.57 Å². The second kappa shape index (κ2) is 1.69. The second-order valence-electron chi connectivity index (χ2n) is 2.16. The Labute approximate surface area is 52.7 Å². The van der Waals surface area contributed by atoms with E-state index >= 15 is 0 Å². The quantitative estimate of drug-likeness (QED) is 0.281. The van der Waals surface area contributed by atoms with Crippen LogP contribution in [0, 0.1) is 0 Å². The molecule has 1 saturated heterocycles. The molecule has 1 heterocycles. The van der Waals surface area contributed by atoms with Gasteiger partial charge in [0.25, 0.3) is 11.8 Å². The number of allylic oxidation sites excluding steroid dienone is 1. The number of imide groups is 1. The van der Waals surface area contributed by atoms with E-state index in [0.717, 1.165) is 5.57 Å². The van der Waals surface area contributed by atoms with Crippen molar-refractivity contribution in [3.05, 3.63) is 11.1 Å². The molecule has 0 aliphatic carbocycles. The van der Waals surface area contributed by atoms with E-state index in [1.165, 1.54) is 0 Å². The highest BCUT2D eigenvalue weighted by Crippen LogP contribution is 2.10. The molecule has 3 nitrogen and oxygen atoms in total. The third kappa shape index (κ3) is 0.740. The summed E-state index contributed by atoms with van der Waals surface area (Å²) in [7, 11) is 0. The van der Waals surface area contributed by atoms with Gasteiger partial charge in [0.1, 0.15) is 5.57 Å². The maximum Gasteiger partial charge on any atom is 0.263 e. The molecular formula is C6H7NO2. The summed E-state index contributed by atoms with van der Waals surface area (Å²) in [6.45, 7) is 3.48. The lowest BCUT2D eigenvalue weighted by Crippen LogP contribution is -2.47. The lowest BCUT2D eigenvalue weighted by atomic mass is 10.0. The molecule has 0 aromatic rings. The minimum Gasteiger partial charge on any atom is -0.288 e. The van der Waals surface area contributed by atoms with Crippen LogP contribution in [0.5, 0.6) is 0 Å². The zero-order chi connectivity index (χ0) is 7.02. The summed E-state index contributed by atoms with van der Waals surface area (Å²) in [6, 6.07) is 0. The van der Waals surface area contributed by atoms with Crippen LogP contribution >= 0.6 is 0 Å². The molecule has 9 heavy (non-hydrogen) atoms. The first-order valence-corrected chi connectivity index (χ1v) is 2.66. The van der Waals surface area contributed by atoms with Gasteiger partial charge in [0.05, 0.1) is 0 Å². The van der Waals surface area contributed by atoms with E-state index in [4.69, 9.17) is 0 Å². The van der Waals surface area contributed by atoms with Crippen molar-refractivity contribution in [1.82, 2.24) is 5.32 Å². The van der Waals surface area contributed by atoms with Crippen molar-refractivity contribution < 1.29 is 9.59 Å². The van der Waals surface area contributed by atoms with Crippen LogP contribution in [0.1, 0.15) is 13.8 Å². The van der Waals surface area contributed by atoms with E-state index in [2.05, 4.69) is 5.32 Å². The molecule has 1 aliphatic rings. The van der Waals surface area contributed by atoms with Gasteiger partial charge >= 0.3 is 0 Å². The van der Waals surface area contributed by atoms with Crippen molar-refractivity contribution >= 4 is 11.8 Å². The average Bonchev–Trinajstić information content (AvgIpc) is 1.62. The molecule has 3 heteroatoms. The van der Waals surface area contributed by atoms with Crippen LogP contribution < -0.4 is 5.32 Å². The van der Waals surface area contributed by atoms with E-state index < -0.39 is 0 Å². The molecule has 2 amide bonds.